The largest absolute Gasteiger partial charge is 0.452 e. The predicted octanol–water partition coefficient (Wildman–Crippen LogP) is 2.29. The molecule has 144 valence electrons. The summed E-state index contributed by atoms with van der Waals surface area (Å²) >= 11 is 0. The van der Waals surface area contributed by atoms with Gasteiger partial charge < -0.3 is 9.64 Å². The summed E-state index contributed by atoms with van der Waals surface area (Å²) in [5.74, 6) is -1.28. The van der Waals surface area contributed by atoms with E-state index in [2.05, 4.69) is 0 Å². The lowest BCUT2D eigenvalue weighted by atomic mass is 9.97. The Labute approximate surface area is 158 Å². The van der Waals surface area contributed by atoms with E-state index in [9.17, 15) is 19.2 Å². The molecule has 0 radical (unpaired) electrons. The minimum absolute atomic E-state index is 0.148. The van der Waals surface area contributed by atoms with Crippen molar-refractivity contribution in [2.75, 3.05) is 11.5 Å². The molecule has 0 aliphatic carbocycles. The van der Waals surface area contributed by atoms with Crippen molar-refractivity contribution < 1.29 is 23.9 Å². The summed E-state index contributed by atoms with van der Waals surface area (Å²) in [6.45, 7) is 3.72. The van der Waals surface area contributed by atoms with Crippen LogP contribution in [0, 0.1) is 0 Å². The molecule has 7 heteroatoms. The number of nitrogens with zero attached hydrogens (tertiary/aromatic N) is 2. The molecule has 2 aliphatic rings. The van der Waals surface area contributed by atoms with Crippen molar-refractivity contribution >= 4 is 29.4 Å². The number of hydrogen-bond acceptors (Lipinski definition) is 5. The second-order valence-corrected chi connectivity index (χ2v) is 7.18. The number of esters is 1. The molecule has 2 atom stereocenters. The number of likely N-dealkylation sites (tertiary alicyclic amines) is 1. The van der Waals surface area contributed by atoms with Crippen LogP contribution in [-0.2, 0) is 19.1 Å². The number of imide groups is 1. The van der Waals surface area contributed by atoms with Crippen molar-refractivity contribution in [2.45, 2.75) is 58.0 Å². The van der Waals surface area contributed by atoms with E-state index in [0.717, 1.165) is 24.2 Å². The molecule has 3 amide bonds. The van der Waals surface area contributed by atoms with E-state index >= 15 is 0 Å². The summed E-state index contributed by atoms with van der Waals surface area (Å²) in [4.78, 5) is 51.1. The molecule has 3 rings (SSSR count). The summed E-state index contributed by atoms with van der Waals surface area (Å²) < 4.78 is 5.17. The average Bonchev–Trinajstić information content (AvgIpc) is 2.98. The summed E-state index contributed by atoms with van der Waals surface area (Å²) in [7, 11) is 0. The fourth-order valence-corrected chi connectivity index (χ4v) is 3.81. The zero-order chi connectivity index (χ0) is 19.6. The Morgan fingerprint density at radius 1 is 1.00 bits per heavy atom. The smallest absolute Gasteiger partial charge is 0.338 e. The normalized spacial score (nSPS) is 22.9. The van der Waals surface area contributed by atoms with Gasteiger partial charge in [0.05, 0.1) is 11.3 Å². The van der Waals surface area contributed by atoms with Crippen molar-refractivity contribution in [2.24, 2.45) is 0 Å². The van der Waals surface area contributed by atoms with Crippen LogP contribution < -0.4 is 4.90 Å². The minimum Gasteiger partial charge on any atom is -0.452 e. The number of hydrogen-bond donors (Lipinski definition) is 0. The van der Waals surface area contributed by atoms with Crippen LogP contribution in [0.25, 0.3) is 0 Å². The monoisotopic (exact) mass is 372 g/mol. The molecule has 1 aromatic rings. The molecule has 2 aliphatic heterocycles. The highest BCUT2D eigenvalue weighted by Gasteiger charge is 2.31. The van der Waals surface area contributed by atoms with E-state index in [1.807, 2.05) is 13.8 Å². The van der Waals surface area contributed by atoms with Gasteiger partial charge in [-0.25, -0.2) is 4.79 Å². The number of benzene rings is 1. The number of amides is 3. The first kappa shape index (κ1) is 19.1. The zero-order valence-corrected chi connectivity index (χ0v) is 15.6. The van der Waals surface area contributed by atoms with Crippen LogP contribution in [0.15, 0.2) is 24.3 Å². The van der Waals surface area contributed by atoms with Crippen molar-refractivity contribution in [3.05, 3.63) is 29.8 Å². The third kappa shape index (κ3) is 4.02. The fraction of sp³-hybridized carbons (Fsp3) is 0.500. The maximum atomic E-state index is 12.4. The van der Waals surface area contributed by atoms with Gasteiger partial charge in [-0.2, -0.15) is 0 Å². The molecular formula is C20H24N2O5. The maximum absolute atomic E-state index is 12.4. The molecule has 2 saturated heterocycles. The maximum Gasteiger partial charge on any atom is 0.338 e. The first-order valence-electron chi connectivity index (χ1n) is 9.32. The Bertz CT molecular complexity index is 732. The molecule has 0 unspecified atom stereocenters. The Morgan fingerprint density at radius 2 is 1.56 bits per heavy atom. The number of carbonyl (C=O) groups excluding carboxylic acids is 4. The highest BCUT2D eigenvalue weighted by Crippen LogP contribution is 2.24. The molecule has 0 bridgehead atoms. The Balaban J connectivity index is 1.59. The molecule has 27 heavy (non-hydrogen) atoms. The van der Waals surface area contributed by atoms with E-state index in [1.54, 1.807) is 4.90 Å². The van der Waals surface area contributed by atoms with Crippen LogP contribution in [0.3, 0.4) is 0 Å². The summed E-state index contributed by atoms with van der Waals surface area (Å²) in [6, 6.07) is 6.35. The van der Waals surface area contributed by atoms with E-state index < -0.39 is 5.97 Å². The van der Waals surface area contributed by atoms with Gasteiger partial charge in [0.25, 0.3) is 5.91 Å². The predicted molar refractivity (Wildman–Crippen MR) is 98.1 cm³/mol. The van der Waals surface area contributed by atoms with E-state index in [-0.39, 0.29) is 54.8 Å². The molecule has 2 heterocycles. The zero-order valence-electron chi connectivity index (χ0n) is 15.6. The third-order valence-electron chi connectivity index (χ3n) is 5.22. The van der Waals surface area contributed by atoms with Gasteiger partial charge in [-0.3, -0.25) is 19.3 Å². The van der Waals surface area contributed by atoms with Crippen molar-refractivity contribution in [3.8, 4) is 0 Å². The lowest BCUT2D eigenvalue weighted by Gasteiger charge is -2.38. The Morgan fingerprint density at radius 3 is 2.11 bits per heavy atom. The average molecular weight is 372 g/mol. The van der Waals surface area contributed by atoms with Crippen LogP contribution in [0.2, 0.25) is 0 Å². The van der Waals surface area contributed by atoms with Crippen LogP contribution in [0.1, 0.15) is 56.3 Å². The minimum atomic E-state index is -0.605. The lowest BCUT2D eigenvalue weighted by Crippen LogP contribution is -2.49. The molecule has 0 saturated carbocycles. The quantitative estimate of drug-likeness (QED) is 0.598. The van der Waals surface area contributed by atoms with Gasteiger partial charge in [-0.1, -0.05) is 0 Å². The number of anilines is 1. The first-order chi connectivity index (χ1) is 12.9. The van der Waals surface area contributed by atoms with Gasteiger partial charge in [0.2, 0.25) is 11.8 Å². The lowest BCUT2D eigenvalue weighted by molar-refractivity contribution is -0.140. The molecule has 0 spiro atoms. The standard InChI is InChI=1S/C20H24N2O5/c1-13-4-3-5-14(2)21(13)19(25)12-27-20(26)15-6-8-16(9-7-15)22-17(23)10-11-18(22)24/h6-9,13-14H,3-5,10-12H2,1-2H3/t13-,14-/m1/s1. The van der Waals surface area contributed by atoms with Gasteiger partial charge >= 0.3 is 5.97 Å². The molecule has 0 aromatic heterocycles. The van der Waals surface area contributed by atoms with Crippen LogP contribution in [0.5, 0.6) is 0 Å². The number of rotatable bonds is 4. The van der Waals surface area contributed by atoms with Crippen LogP contribution in [-0.4, -0.2) is 47.3 Å². The van der Waals surface area contributed by atoms with Gasteiger partial charge in [-0.05, 0) is 57.4 Å². The Hall–Kier alpha value is -2.70. The van der Waals surface area contributed by atoms with E-state index in [0.29, 0.717) is 5.69 Å². The van der Waals surface area contributed by atoms with Crippen LogP contribution >= 0.6 is 0 Å². The second-order valence-electron chi connectivity index (χ2n) is 7.18. The number of carbonyl (C=O) groups is 4. The fourth-order valence-electron chi connectivity index (χ4n) is 3.81. The van der Waals surface area contributed by atoms with Gasteiger partial charge in [-0.15, -0.1) is 0 Å². The van der Waals surface area contributed by atoms with Crippen molar-refractivity contribution in [1.82, 2.24) is 4.90 Å². The molecular weight excluding hydrogens is 348 g/mol. The number of piperidine rings is 1. The highest BCUT2D eigenvalue weighted by molar-refractivity contribution is 6.19. The molecule has 2 fully saturated rings. The van der Waals surface area contributed by atoms with E-state index in [4.69, 9.17) is 4.74 Å². The van der Waals surface area contributed by atoms with Crippen molar-refractivity contribution in [1.29, 1.82) is 0 Å². The molecule has 1 aromatic carbocycles. The number of ether oxygens (including phenoxy) is 1. The highest BCUT2D eigenvalue weighted by atomic mass is 16.5. The second kappa shape index (κ2) is 7.90. The van der Waals surface area contributed by atoms with E-state index in [1.165, 1.54) is 24.3 Å². The SMILES string of the molecule is C[C@@H]1CCC[C@@H](C)N1C(=O)COC(=O)c1ccc(N2C(=O)CCC2=O)cc1. The Kier molecular flexibility index (Phi) is 5.58. The molecule has 7 nitrogen and oxygen atoms in total. The van der Waals surface area contributed by atoms with Crippen molar-refractivity contribution in [3.63, 3.8) is 0 Å². The van der Waals surface area contributed by atoms with Gasteiger partial charge in [0.1, 0.15) is 0 Å². The van der Waals surface area contributed by atoms with Gasteiger partial charge in [0, 0.05) is 24.9 Å². The summed E-state index contributed by atoms with van der Waals surface area (Å²) in [5, 5.41) is 0. The van der Waals surface area contributed by atoms with Crippen LogP contribution in [0.4, 0.5) is 5.69 Å². The first-order valence-corrected chi connectivity index (χ1v) is 9.32. The topological polar surface area (TPSA) is 84.0 Å². The molecule has 0 N–H and O–H groups in total. The van der Waals surface area contributed by atoms with Gasteiger partial charge in [0.15, 0.2) is 6.61 Å². The third-order valence-corrected chi connectivity index (χ3v) is 5.22. The summed E-state index contributed by atoms with van der Waals surface area (Å²) in [6.07, 6.45) is 3.43. The summed E-state index contributed by atoms with van der Waals surface area (Å²) in [5.41, 5.74) is 0.705.